The fraction of sp³-hybridized carbons (Fsp3) is 0. The Morgan fingerprint density at radius 3 is 0.215 bits per heavy atom. The first-order valence-electron chi connectivity index (χ1n) is 40.7. The Labute approximate surface area is 812 Å². The van der Waals surface area contributed by atoms with Crippen LogP contribution in [0.25, 0.3) is 44.5 Å². The topological polar surface area (TPSA) is 69.2 Å². The average molecular weight is 2130 g/mol. The number of halogens is 40. The van der Waals surface area contributed by atoms with Crippen LogP contribution >= 0.6 is 0 Å². The fourth-order valence-corrected chi connectivity index (χ4v) is 13.5. The summed E-state index contributed by atoms with van der Waals surface area (Å²) in [5.74, 6) is -103. The van der Waals surface area contributed by atoms with Crippen LogP contribution in [0.5, 0.6) is 0 Å². The van der Waals surface area contributed by atoms with Crippen LogP contribution in [0.4, 0.5) is 176 Å². The van der Waals surface area contributed by atoms with Crippen LogP contribution in [0, 0.1) is 250 Å². The van der Waals surface area contributed by atoms with Crippen molar-refractivity contribution in [2.75, 3.05) is 0 Å². The molecule has 0 aromatic heterocycles. The molecule has 0 amide bonds. The van der Waals surface area contributed by atoms with Crippen LogP contribution < -0.4 is 15.1 Å². The van der Waals surface area contributed by atoms with Crippen LogP contribution in [0.1, 0.15) is 50.1 Å². The Bertz CT molecular complexity index is 6050. The van der Waals surface area contributed by atoms with E-state index >= 15 is 0 Å². The van der Waals surface area contributed by atoms with Crippen molar-refractivity contribution in [3.05, 3.63) is 574 Å². The molecular weight excluding hydrogens is 2080 g/mol. The minimum absolute atomic E-state index is 1.25. The minimum Gasteiger partial charge on any atom is -0.907 e. The summed E-state index contributed by atoms with van der Waals surface area (Å²) < 4.78 is 525. The monoisotopic (exact) mass is 2120 g/mol. The summed E-state index contributed by atoms with van der Waals surface area (Å²) in [6.07, 6.45) is 0. The van der Waals surface area contributed by atoms with Crippen LogP contribution in [0.3, 0.4) is 0 Å². The Morgan fingerprint density at radius 2 is 0.154 bits per heavy atom. The van der Waals surface area contributed by atoms with Crippen LogP contribution in [0.15, 0.2) is 273 Å². The molecule has 0 heterocycles. The molecule has 0 fully saturated rings. The Hall–Kier alpha value is -16.5. The van der Waals surface area contributed by atoms with Crippen molar-refractivity contribution in [2.24, 2.45) is 0 Å². The van der Waals surface area contributed by atoms with Gasteiger partial charge in [0.25, 0.3) is 0 Å². The van der Waals surface area contributed by atoms with E-state index in [0.29, 0.717) is 0 Å². The summed E-state index contributed by atoms with van der Waals surface area (Å²) in [5.41, 5.74) is -6.83. The lowest BCUT2D eigenvalue weighted by molar-refractivity contribution is -0.479. The number of hydrogen-bond acceptors (Lipinski definition) is 3. The van der Waals surface area contributed by atoms with E-state index in [-0.39, 0.29) is 0 Å². The van der Waals surface area contributed by atoms with Gasteiger partial charge in [-0.25, -0.2) is 176 Å². The smallest absolute Gasteiger partial charge is 0.200 e. The molecule has 0 aliphatic heterocycles. The predicted molar refractivity (Wildman–Crippen MR) is 451 cm³/mol. The van der Waals surface area contributed by atoms with Gasteiger partial charge in [-0.3, -0.25) is 7.32 Å². The van der Waals surface area contributed by atoms with Crippen molar-refractivity contribution >= 4 is 7.32 Å². The van der Waals surface area contributed by atoms with Crippen molar-refractivity contribution in [1.82, 2.24) is 0 Å². The van der Waals surface area contributed by atoms with Gasteiger partial charge in [0.15, 0.2) is 186 Å². The van der Waals surface area contributed by atoms with E-state index in [9.17, 15) is 176 Å². The molecule has 17 aromatic rings. The van der Waals surface area contributed by atoms with Gasteiger partial charge in [-0.05, 0) is 218 Å². The molecule has 0 aliphatic rings. The summed E-state index contributed by atoms with van der Waals surface area (Å²) in [5, 5.41) is 25.2. The number of benzene rings is 17. The van der Waals surface area contributed by atoms with Crippen LogP contribution in [-0.4, -0.2) is 7.32 Å². The van der Waals surface area contributed by atoms with Crippen molar-refractivity contribution in [1.29, 1.82) is 0 Å². The lowest BCUT2D eigenvalue weighted by atomic mass is 9.85. The molecule has 44 heteroatoms. The van der Waals surface area contributed by atoms with Crippen LogP contribution in [-0.2, 0) is 0 Å². The van der Waals surface area contributed by atoms with E-state index in [1.54, 1.807) is 0 Å². The summed E-state index contributed by atoms with van der Waals surface area (Å²) in [6, 6.07) is 94.9. The molecule has 0 bridgehead atoms. The van der Waals surface area contributed by atoms with Crippen molar-refractivity contribution < 1.29 is 191 Å². The minimum atomic E-state index is -2.92. The van der Waals surface area contributed by atoms with E-state index in [1.165, 1.54) is 67.8 Å². The molecule has 17 aromatic carbocycles. The standard InChI is InChI=1S/3C19H15.4C12F10.BO3/c3*1-4-10-16(11-5-1)19(17-12-6-2-7-13-17)18-14-8-3-9-15-18;4*13-3-1(4(14)8(18)11(21)7(3)17)2-5(15)9(19)12(22)10(20)6(2)16;2-1(3)4/h3*1-15H;;;;;/q3*+1;;;;;-3. The normalized spacial score (nSPS) is 10.7. The van der Waals surface area contributed by atoms with Gasteiger partial charge in [-0.15, -0.1) is 0 Å². The SMILES string of the molecule is Fc1c(F)c(F)c(-c2c(F)c(F)c(F)c(F)c2F)c(F)c1F.Fc1c(F)c(F)c(-c2c(F)c(F)c(F)c(F)c2F)c(F)c1F.Fc1c(F)c(F)c(-c2c(F)c(F)c(F)c(F)c2F)c(F)c1F.Fc1c(F)c(F)c(-c2c(F)c(F)c(F)c(F)c2F)c(F)c1F.[O-]B([O-])[O-].c1ccc([C+](c2ccccc2)c2ccccc2)cc1.c1ccc([C+](c2ccccc2)c2ccccc2)cc1.c1ccc([C+](c2ccccc2)c2ccccc2)cc1. The van der Waals surface area contributed by atoms with Crippen LogP contribution in [0.2, 0.25) is 0 Å². The molecule has 0 saturated carbocycles. The van der Waals surface area contributed by atoms with Crippen molar-refractivity contribution in [3.8, 4) is 44.5 Å². The molecule has 0 aliphatic carbocycles. The summed E-state index contributed by atoms with van der Waals surface area (Å²) in [7, 11) is -2.92. The second-order valence-electron chi connectivity index (χ2n) is 29.3. The molecule has 17 rings (SSSR count). The van der Waals surface area contributed by atoms with Gasteiger partial charge in [-0.2, -0.15) is 0 Å². The Morgan fingerprint density at radius 1 is 0.101 bits per heavy atom. The molecule has 0 spiro atoms. The first-order valence-corrected chi connectivity index (χ1v) is 40.7. The zero-order valence-corrected chi connectivity index (χ0v) is 72.9. The predicted octanol–water partition coefficient (Wildman–Crippen LogP) is 29.1. The Kier molecular flexibility index (Phi) is 38.4. The average Bonchev–Trinajstić information content (AvgIpc) is 0.758. The maximum Gasteiger partial charge on any atom is 0.200 e. The van der Waals surface area contributed by atoms with E-state index in [4.69, 9.17) is 15.1 Å². The van der Waals surface area contributed by atoms with Gasteiger partial charge in [0, 0.05) is 0 Å². The van der Waals surface area contributed by atoms with E-state index < -0.39 is 285 Å². The molecule has 0 radical (unpaired) electrons. The third-order valence-corrected chi connectivity index (χ3v) is 20.2. The summed E-state index contributed by atoms with van der Waals surface area (Å²) in [6.45, 7) is 0. The van der Waals surface area contributed by atoms with E-state index in [1.807, 2.05) is 0 Å². The summed E-state index contributed by atoms with van der Waals surface area (Å²) in [4.78, 5) is 0. The van der Waals surface area contributed by atoms with E-state index in [2.05, 4.69) is 273 Å². The highest BCUT2D eigenvalue weighted by atomic mass is 19.2. The summed E-state index contributed by atoms with van der Waals surface area (Å²) >= 11 is 0. The fourth-order valence-electron chi connectivity index (χ4n) is 13.5. The lowest BCUT2D eigenvalue weighted by Crippen LogP contribution is -2.56. The quantitative estimate of drug-likeness (QED) is 0.0288. The first kappa shape index (κ1) is 114. The highest BCUT2D eigenvalue weighted by Crippen LogP contribution is 2.45. The zero-order chi connectivity index (χ0) is 110. The molecule has 0 atom stereocenters. The number of rotatable bonds is 13. The third-order valence-electron chi connectivity index (χ3n) is 20.2. The largest absolute Gasteiger partial charge is 0.907 e. The maximum absolute atomic E-state index is 13.4. The Balaban J connectivity index is 0.000000177. The van der Waals surface area contributed by atoms with Gasteiger partial charge < -0.3 is 15.1 Å². The maximum atomic E-state index is 13.4. The highest BCUT2D eigenvalue weighted by molar-refractivity contribution is 6.24. The molecular formula is C105H45BF40O3. The van der Waals surface area contributed by atoms with Gasteiger partial charge in [0.1, 0.15) is 0 Å². The molecule has 149 heavy (non-hydrogen) atoms. The van der Waals surface area contributed by atoms with Gasteiger partial charge >= 0.3 is 0 Å². The van der Waals surface area contributed by atoms with Gasteiger partial charge in [0.2, 0.25) is 46.5 Å². The second kappa shape index (κ2) is 50.1. The molecule has 766 valence electrons. The van der Waals surface area contributed by atoms with Crippen molar-refractivity contribution in [3.63, 3.8) is 0 Å². The van der Waals surface area contributed by atoms with E-state index in [0.717, 1.165) is 0 Å². The first-order chi connectivity index (χ1) is 70.5. The highest BCUT2D eigenvalue weighted by Gasteiger charge is 2.41. The third kappa shape index (κ3) is 24.6. The van der Waals surface area contributed by atoms with Gasteiger partial charge in [-0.1, -0.05) is 54.6 Å². The number of hydrogen-bond donors (Lipinski definition) is 0. The molecule has 0 unspecified atom stereocenters. The van der Waals surface area contributed by atoms with Gasteiger partial charge in [0.05, 0.1) is 112 Å². The molecule has 0 saturated heterocycles. The zero-order valence-electron chi connectivity index (χ0n) is 72.9. The molecule has 0 N–H and O–H groups in total. The lowest BCUT2D eigenvalue weighted by Gasteiger charge is -2.35. The second-order valence-corrected chi connectivity index (χ2v) is 29.3. The van der Waals surface area contributed by atoms with Crippen molar-refractivity contribution in [2.45, 2.75) is 0 Å². The molecule has 3 nitrogen and oxygen atoms in total.